The van der Waals surface area contributed by atoms with Gasteiger partial charge in [0.15, 0.2) is 5.13 Å². The molecule has 0 amide bonds. The Morgan fingerprint density at radius 2 is 1.91 bits per heavy atom. The third-order valence-corrected chi connectivity index (χ3v) is 4.86. The maximum atomic E-state index is 5.43. The van der Waals surface area contributed by atoms with Crippen LogP contribution in [0.3, 0.4) is 0 Å². The van der Waals surface area contributed by atoms with Gasteiger partial charge in [-0.1, -0.05) is 30.3 Å². The number of hydrogen-bond donors (Lipinski definition) is 0. The van der Waals surface area contributed by atoms with Crippen molar-refractivity contribution in [2.75, 3.05) is 50.8 Å². The molecule has 22 heavy (non-hydrogen) atoms. The molecule has 5 heteroatoms. The molecule has 3 rings (SSSR count). The largest absolute Gasteiger partial charge is 0.380 e. The zero-order chi connectivity index (χ0) is 15.2. The average Bonchev–Trinajstić information content (AvgIpc) is 3.07. The zero-order valence-corrected chi connectivity index (χ0v) is 13.9. The fourth-order valence-corrected chi connectivity index (χ4v) is 3.54. The molecule has 0 radical (unpaired) electrons. The molecule has 0 atom stereocenters. The van der Waals surface area contributed by atoms with Crippen LogP contribution in [0.1, 0.15) is 6.92 Å². The smallest absolute Gasteiger partial charge is 0.185 e. The van der Waals surface area contributed by atoms with E-state index in [1.807, 2.05) is 13.0 Å². The Hall–Kier alpha value is -1.43. The fraction of sp³-hybridized carbons (Fsp3) is 0.471. The van der Waals surface area contributed by atoms with Crippen LogP contribution in [0.15, 0.2) is 35.7 Å². The third-order valence-electron chi connectivity index (χ3n) is 3.96. The lowest BCUT2D eigenvalue weighted by Gasteiger charge is -2.34. The molecular formula is C17H23N3OS. The summed E-state index contributed by atoms with van der Waals surface area (Å²) < 4.78 is 5.43. The lowest BCUT2D eigenvalue weighted by Crippen LogP contribution is -2.47. The summed E-state index contributed by atoms with van der Waals surface area (Å²) in [6.45, 7) is 9.01. The lowest BCUT2D eigenvalue weighted by molar-refractivity contribution is 0.111. The highest BCUT2D eigenvalue weighted by atomic mass is 32.1. The first-order chi connectivity index (χ1) is 10.9. The summed E-state index contributed by atoms with van der Waals surface area (Å²) in [5.41, 5.74) is 2.28. The first-order valence-corrected chi connectivity index (χ1v) is 8.81. The molecule has 1 aliphatic heterocycles. The summed E-state index contributed by atoms with van der Waals surface area (Å²) in [6.07, 6.45) is 0. The second kappa shape index (κ2) is 7.72. The van der Waals surface area contributed by atoms with E-state index in [2.05, 4.69) is 39.4 Å². The molecule has 0 bridgehead atoms. The molecule has 0 spiro atoms. The SMILES string of the molecule is CCOCCN1CCN(c2nc(-c3ccccc3)cs2)CC1. The summed E-state index contributed by atoms with van der Waals surface area (Å²) in [4.78, 5) is 9.67. The van der Waals surface area contributed by atoms with Gasteiger partial charge in [-0.05, 0) is 6.92 Å². The van der Waals surface area contributed by atoms with Crippen molar-refractivity contribution < 1.29 is 4.74 Å². The normalized spacial score (nSPS) is 16.1. The van der Waals surface area contributed by atoms with E-state index in [1.54, 1.807) is 11.3 Å². The number of benzene rings is 1. The summed E-state index contributed by atoms with van der Waals surface area (Å²) in [7, 11) is 0. The Morgan fingerprint density at radius 1 is 1.14 bits per heavy atom. The highest BCUT2D eigenvalue weighted by Gasteiger charge is 2.19. The number of hydrogen-bond acceptors (Lipinski definition) is 5. The van der Waals surface area contributed by atoms with Crippen LogP contribution in [0, 0.1) is 0 Å². The van der Waals surface area contributed by atoms with E-state index in [4.69, 9.17) is 9.72 Å². The van der Waals surface area contributed by atoms with Crippen molar-refractivity contribution in [1.82, 2.24) is 9.88 Å². The molecule has 1 saturated heterocycles. The first-order valence-electron chi connectivity index (χ1n) is 7.93. The van der Waals surface area contributed by atoms with Crippen molar-refractivity contribution in [3.8, 4) is 11.3 Å². The van der Waals surface area contributed by atoms with Gasteiger partial charge in [0, 0.05) is 50.3 Å². The van der Waals surface area contributed by atoms with Gasteiger partial charge in [0.25, 0.3) is 0 Å². The van der Waals surface area contributed by atoms with Gasteiger partial charge in [-0.15, -0.1) is 11.3 Å². The Balaban J connectivity index is 1.55. The summed E-state index contributed by atoms with van der Waals surface area (Å²) >= 11 is 1.75. The fourth-order valence-electron chi connectivity index (χ4n) is 2.65. The van der Waals surface area contributed by atoms with E-state index in [0.717, 1.165) is 56.8 Å². The summed E-state index contributed by atoms with van der Waals surface area (Å²) in [6, 6.07) is 10.4. The minimum atomic E-state index is 0.807. The van der Waals surface area contributed by atoms with Crippen LogP contribution >= 0.6 is 11.3 Å². The van der Waals surface area contributed by atoms with Gasteiger partial charge >= 0.3 is 0 Å². The second-order valence-electron chi connectivity index (χ2n) is 5.41. The van der Waals surface area contributed by atoms with Crippen LogP contribution in [0.2, 0.25) is 0 Å². The number of nitrogens with zero attached hydrogens (tertiary/aromatic N) is 3. The van der Waals surface area contributed by atoms with Gasteiger partial charge in [-0.3, -0.25) is 4.90 Å². The zero-order valence-electron chi connectivity index (χ0n) is 13.1. The maximum absolute atomic E-state index is 5.43. The Bertz CT molecular complexity index is 564. The molecular weight excluding hydrogens is 294 g/mol. The molecule has 0 aliphatic carbocycles. The summed E-state index contributed by atoms with van der Waals surface area (Å²) in [5.74, 6) is 0. The predicted octanol–water partition coefficient (Wildman–Crippen LogP) is 2.97. The van der Waals surface area contributed by atoms with Crippen LogP contribution in [-0.2, 0) is 4.74 Å². The minimum absolute atomic E-state index is 0.807. The van der Waals surface area contributed by atoms with E-state index in [-0.39, 0.29) is 0 Å². The minimum Gasteiger partial charge on any atom is -0.380 e. The molecule has 0 unspecified atom stereocenters. The number of anilines is 1. The van der Waals surface area contributed by atoms with Gasteiger partial charge in [-0.25, -0.2) is 4.98 Å². The highest BCUT2D eigenvalue weighted by molar-refractivity contribution is 7.14. The number of piperazine rings is 1. The quantitative estimate of drug-likeness (QED) is 0.766. The van der Waals surface area contributed by atoms with Crippen LogP contribution in [-0.4, -0.2) is 55.8 Å². The van der Waals surface area contributed by atoms with Crippen molar-refractivity contribution in [2.45, 2.75) is 6.92 Å². The van der Waals surface area contributed by atoms with Gasteiger partial charge in [0.2, 0.25) is 0 Å². The van der Waals surface area contributed by atoms with E-state index in [0.29, 0.717) is 0 Å². The second-order valence-corrected chi connectivity index (χ2v) is 6.24. The van der Waals surface area contributed by atoms with Crippen molar-refractivity contribution in [1.29, 1.82) is 0 Å². The molecule has 2 aromatic rings. The molecule has 1 aliphatic rings. The predicted molar refractivity (Wildman–Crippen MR) is 92.7 cm³/mol. The molecule has 1 aromatic heterocycles. The van der Waals surface area contributed by atoms with Crippen molar-refractivity contribution in [3.63, 3.8) is 0 Å². The van der Waals surface area contributed by atoms with Crippen molar-refractivity contribution >= 4 is 16.5 Å². The van der Waals surface area contributed by atoms with E-state index in [9.17, 15) is 0 Å². The van der Waals surface area contributed by atoms with Gasteiger partial charge in [-0.2, -0.15) is 0 Å². The highest BCUT2D eigenvalue weighted by Crippen LogP contribution is 2.27. The van der Waals surface area contributed by atoms with E-state index >= 15 is 0 Å². The molecule has 0 saturated carbocycles. The number of thiazole rings is 1. The topological polar surface area (TPSA) is 28.6 Å². The Morgan fingerprint density at radius 3 is 2.64 bits per heavy atom. The van der Waals surface area contributed by atoms with E-state index in [1.165, 1.54) is 5.56 Å². The number of ether oxygens (including phenoxy) is 1. The molecule has 0 N–H and O–H groups in total. The van der Waals surface area contributed by atoms with Crippen LogP contribution < -0.4 is 4.90 Å². The average molecular weight is 317 g/mol. The lowest BCUT2D eigenvalue weighted by atomic mass is 10.2. The van der Waals surface area contributed by atoms with Gasteiger partial charge in [0.1, 0.15) is 0 Å². The van der Waals surface area contributed by atoms with Gasteiger partial charge in [0.05, 0.1) is 12.3 Å². The Labute approximate surface area is 136 Å². The van der Waals surface area contributed by atoms with Crippen LogP contribution in [0.4, 0.5) is 5.13 Å². The third kappa shape index (κ3) is 3.85. The van der Waals surface area contributed by atoms with Crippen molar-refractivity contribution in [3.05, 3.63) is 35.7 Å². The van der Waals surface area contributed by atoms with Crippen molar-refractivity contribution in [2.24, 2.45) is 0 Å². The monoisotopic (exact) mass is 317 g/mol. The van der Waals surface area contributed by atoms with Gasteiger partial charge < -0.3 is 9.64 Å². The van der Waals surface area contributed by atoms with Crippen LogP contribution in [0.25, 0.3) is 11.3 Å². The molecule has 2 heterocycles. The molecule has 118 valence electrons. The first kappa shape index (κ1) is 15.5. The molecule has 4 nitrogen and oxygen atoms in total. The maximum Gasteiger partial charge on any atom is 0.185 e. The summed E-state index contributed by atoms with van der Waals surface area (Å²) in [5, 5.41) is 3.30. The van der Waals surface area contributed by atoms with E-state index < -0.39 is 0 Å². The molecule has 1 aromatic carbocycles. The van der Waals surface area contributed by atoms with Crippen LogP contribution in [0.5, 0.6) is 0 Å². The number of aromatic nitrogens is 1. The number of rotatable bonds is 6. The standard InChI is InChI=1S/C17H23N3OS/c1-2-21-13-12-19-8-10-20(11-9-19)17-18-16(14-22-17)15-6-4-3-5-7-15/h3-7,14H,2,8-13H2,1H3. The Kier molecular flexibility index (Phi) is 5.43. The molecule has 1 fully saturated rings.